The van der Waals surface area contributed by atoms with Gasteiger partial charge in [0.1, 0.15) is 0 Å². The molecule has 123 valence electrons. The zero-order valence-corrected chi connectivity index (χ0v) is 14.3. The Morgan fingerprint density at radius 2 is 1.96 bits per heavy atom. The summed E-state index contributed by atoms with van der Waals surface area (Å²) in [5.41, 5.74) is 1.65. The van der Waals surface area contributed by atoms with Crippen molar-refractivity contribution in [3.8, 4) is 11.4 Å². The van der Waals surface area contributed by atoms with E-state index in [0.29, 0.717) is 16.3 Å². The predicted octanol–water partition coefficient (Wildman–Crippen LogP) is 5.77. The molecule has 0 amide bonds. The van der Waals surface area contributed by atoms with Crippen LogP contribution in [0.5, 0.6) is 0 Å². The molecule has 0 aliphatic heterocycles. The van der Waals surface area contributed by atoms with Gasteiger partial charge in [-0.2, -0.15) is 13.8 Å². The van der Waals surface area contributed by atoms with Crippen LogP contribution in [0.2, 0.25) is 5.02 Å². The molecule has 0 unspecified atom stereocenters. The van der Waals surface area contributed by atoms with Crippen LogP contribution >= 0.6 is 35.0 Å². The second kappa shape index (κ2) is 7.09. The van der Waals surface area contributed by atoms with Crippen molar-refractivity contribution in [2.45, 2.75) is 16.0 Å². The van der Waals surface area contributed by atoms with E-state index in [1.165, 1.54) is 0 Å². The summed E-state index contributed by atoms with van der Waals surface area (Å²) in [6.07, 6.45) is 0. The lowest BCUT2D eigenvalue weighted by Crippen LogP contribution is -2.03. The van der Waals surface area contributed by atoms with Gasteiger partial charge in [0.15, 0.2) is 0 Å². The van der Waals surface area contributed by atoms with Gasteiger partial charge in [0, 0.05) is 21.2 Å². The Labute approximate surface area is 151 Å². The molecule has 0 aliphatic carbocycles. The second-order valence-corrected chi connectivity index (χ2v) is 6.71. The molecular weight excluding hydrogens is 377 g/mol. The van der Waals surface area contributed by atoms with Crippen LogP contribution in [-0.4, -0.2) is 10.1 Å². The zero-order chi connectivity index (χ0) is 17.2. The van der Waals surface area contributed by atoms with Gasteiger partial charge < -0.3 is 4.52 Å². The molecule has 3 rings (SSSR count). The van der Waals surface area contributed by atoms with E-state index >= 15 is 0 Å². The van der Waals surface area contributed by atoms with E-state index in [9.17, 15) is 8.78 Å². The summed E-state index contributed by atoms with van der Waals surface area (Å²) in [6, 6.07) is 15.7. The van der Waals surface area contributed by atoms with E-state index in [-0.39, 0.29) is 5.82 Å². The molecule has 8 heteroatoms. The smallest absolute Gasteiger partial charge is 0.331 e. The molecule has 3 nitrogen and oxygen atoms in total. The Bertz CT molecular complexity index is 835. The first kappa shape index (κ1) is 17.2. The summed E-state index contributed by atoms with van der Waals surface area (Å²) in [5.74, 6) is -0.163. The normalized spacial score (nSPS) is 11.7. The number of hydrogen-bond donors (Lipinski definition) is 0. The Hall–Kier alpha value is -1.63. The van der Waals surface area contributed by atoms with Crippen molar-refractivity contribution in [1.29, 1.82) is 0 Å². The molecule has 0 saturated heterocycles. The lowest BCUT2D eigenvalue weighted by atomic mass is 10.2. The quantitative estimate of drug-likeness (QED) is 0.412. The maximum Gasteiger partial charge on any atom is 0.400 e. The Morgan fingerprint density at radius 3 is 2.62 bits per heavy atom. The van der Waals surface area contributed by atoms with E-state index < -0.39 is 11.3 Å². The van der Waals surface area contributed by atoms with Crippen molar-refractivity contribution in [1.82, 2.24) is 10.1 Å². The molecule has 0 bridgehead atoms. The van der Waals surface area contributed by atoms with Gasteiger partial charge in [-0.05, 0) is 41.4 Å². The topological polar surface area (TPSA) is 38.9 Å². The monoisotopic (exact) mass is 385 g/mol. The first-order chi connectivity index (χ1) is 11.4. The number of aromatic nitrogens is 2. The van der Waals surface area contributed by atoms with Crippen molar-refractivity contribution >= 4 is 35.0 Å². The van der Waals surface area contributed by atoms with Crippen LogP contribution in [0, 0.1) is 6.07 Å². The van der Waals surface area contributed by atoms with Gasteiger partial charge in [0.05, 0.1) is 0 Å². The summed E-state index contributed by atoms with van der Waals surface area (Å²) in [5, 5.41) is 0.533. The van der Waals surface area contributed by atoms with Gasteiger partial charge in [-0.3, -0.25) is 0 Å². The van der Waals surface area contributed by atoms with E-state index in [1.807, 2.05) is 24.3 Å². The predicted molar refractivity (Wildman–Crippen MR) is 89.3 cm³/mol. The number of halogens is 4. The highest BCUT2D eigenvalue weighted by atomic mass is 35.5. The largest absolute Gasteiger partial charge is 0.400 e. The zero-order valence-electron chi connectivity index (χ0n) is 12.0. The van der Waals surface area contributed by atoms with Gasteiger partial charge in [-0.1, -0.05) is 41.0 Å². The molecule has 0 aliphatic rings. The van der Waals surface area contributed by atoms with Crippen LogP contribution in [0.4, 0.5) is 8.78 Å². The molecule has 1 heterocycles. The number of rotatable bonds is 5. The number of alkyl halides is 3. The van der Waals surface area contributed by atoms with Gasteiger partial charge in [-0.25, -0.2) is 0 Å². The fraction of sp³-hybridized carbons (Fsp3) is 0.125. The Balaban J connectivity index is 1.74. The van der Waals surface area contributed by atoms with Crippen molar-refractivity contribution in [3.63, 3.8) is 0 Å². The van der Waals surface area contributed by atoms with E-state index in [4.69, 9.17) is 23.2 Å². The van der Waals surface area contributed by atoms with E-state index in [0.717, 1.165) is 10.5 Å². The summed E-state index contributed by atoms with van der Waals surface area (Å²) in [4.78, 5) is 4.45. The van der Waals surface area contributed by atoms with Crippen LogP contribution in [-0.2, 0) is 11.1 Å². The standard InChI is InChI=1S/C16H9Cl2F2N2OS/c17-12-6-4-10(5-7-12)9-24-13-3-1-2-11(8-13)14-21-15(23-22-14)16(18,19)20/h1-2,4-8H,9H2. The number of nitrogens with zero attached hydrogens (tertiary/aromatic N) is 2. The molecule has 0 spiro atoms. The number of hydrogen-bond acceptors (Lipinski definition) is 4. The molecule has 1 radical (unpaired) electrons. The molecule has 3 aromatic rings. The van der Waals surface area contributed by atoms with Crippen LogP contribution in [0.1, 0.15) is 11.5 Å². The molecule has 24 heavy (non-hydrogen) atoms. The average Bonchev–Trinajstić information content (AvgIpc) is 3.05. The Morgan fingerprint density at radius 1 is 1.21 bits per heavy atom. The number of thioether (sulfide) groups is 1. The molecule has 2 aromatic carbocycles. The van der Waals surface area contributed by atoms with E-state index in [2.05, 4.69) is 20.7 Å². The Kier molecular flexibility index (Phi) is 5.08. The fourth-order valence-electron chi connectivity index (χ4n) is 1.86. The lowest BCUT2D eigenvalue weighted by Gasteiger charge is -2.03. The first-order valence-corrected chi connectivity index (χ1v) is 8.46. The summed E-state index contributed by atoms with van der Waals surface area (Å²) < 4.78 is 30.4. The minimum atomic E-state index is -3.68. The highest BCUT2D eigenvalue weighted by Gasteiger charge is 2.35. The minimum absolute atomic E-state index is 0.0488. The highest BCUT2D eigenvalue weighted by molar-refractivity contribution is 7.98. The third kappa shape index (κ3) is 4.26. The summed E-state index contributed by atoms with van der Waals surface area (Å²) in [6.45, 7) is 0. The van der Waals surface area contributed by atoms with Crippen LogP contribution in [0.3, 0.4) is 0 Å². The fourth-order valence-corrected chi connectivity index (χ4v) is 2.94. The summed E-state index contributed by atoms with van der Waals surface area (Å²) >= 11 is 12.3. The second-order valence-electron chi connectivity index (χ2n) is 4.78. The van der Waals surface area contributed by atoms with Gasteiger partial charge in [0.25, 0.3) is 0 Å². The van der Waals surface area contributed by atoms with Crippen LogP contribution in [0.25, 0.3) is 11.4 Å². The lowest BCUT2D eigenvalue weighted by molar-refractivity contribution is 0.0551. The maximum atomic E-state index is 12.9. The summed E-state index contributed by atoms with van der Waals surface area (Å²) in [7, 11) is 0. The third-order valence-corrected chi connectivity index (χ3v) is 4.45. The van der Waals surface area contributed by atoms with Crippen molar-refractivity contribution in [2.24, 2.45) is 0 Å². The SMILES string of the molecule is FC(F)(Cl)c1nc(-c2cc[c]c(SCc3ccc(Cl)cc3)c2)no1. The first-order valence-electron chi connectivity index (χ1n) is 6.72. The molecule has 1 aromatic heterocycles. The molecular formula is C16H9Cl2F2N2OS. The minimum Gasteiger partial charge on any atom is -0.331 e. The van der Waals surface area contributed by atoms with E-state index in [1.54, 1.807) is 30.0 Å². The van der Waals surface area contributed by atoms with Crippen molar-refractivity contribution in [2.75, 3.05) is 0 Å². The van der Waals surface area contributed by atoms with Gasteiger partial charge in [0.2, 0.25) is 5.82 Å². The molecule has 0 saturated carbocycles. The van der Waals surface area contributed by atoms with Gasteiger partial charge in [-0.15, -0.1) is 11.8 Å². The van der Waals surface area contributed by atoms with Crippen LogP contribution in [0.15, 0.2) is 51.9 Å². The molecule has 0 fully saturated rings. The molecule has 0 atom stereocenters. The third-order valence-electron chi connectivity index (χ3n) is 3.01. The molecule has 0 N–H and O–H groups in total. The van der Waals surface area contributed by atoms with Crippen molar-refractivity contribution in [3.05, 3.63) is 65.0 Å². The maximum absolute atomic E-state index is 12.9. The average molecular weight is 386 g/mol. The van der Waals surface area contributed by atoms with Gasteiger partial charge >= 0.3 is 11.3 Å². The highest BCUT2D eigenvalue weighted by Crippen LogP contribution is 2.33. The van der Waals surface area contributed by atoms with Crippen LogP contribution < -0.4 is 0 Å². The number of benzene rings is 2. The van der Waals surface area contributed by atoms with Crippen molar-refractivity contribution < 1.29 is 13.3 Å².